The molecule has 0 unspecified atom stereocenters. The number of ether oxygens (including phenoxy) is 3. The zero-order valence-electron chi connectivity index (χ0n) is 19.9. The Balaban J connectivity index is 1.22. The van der Waals surface area contributed by atoms with Crippen LogP contribution in [0.15, 0.2) is 24.3 Å². The van der Waals surface area contributed by atoms with E-state index in [1.807, 2.05) is 25.7 Å². The lowest BCUT2D eigenvalue weighted by Gasteiger charge is -2.46. The average molecular weight is 446 g/mol. The summed E-state index contributed by atoms with van der Waals surface area (Å²) in [5, 5.41) is 0. The Labute approximate surface area is 192 Å². The lowest BCUT2D eigenvalue weighted by atomic mass is 9.91. The highest BCUT2D eigenvalue weighted by atomic mass is 16.6. The molecule has 0 N–H and O–H groups in total. The molecule has 0 bridgehead atoms. The van der Waals surface area contributed by atoms with E-state index in [1.54, 1.807) is 0 Å². The second-order valence-electron chi connectivity index (χ2n) is 10.4. The summed E-state index contributed by atoms with van der Waals surface area (Å²) in [5.74, 6) is 1.50. The van der Waals surface area contributed by atoms with Gasteiger partial charge in [-0.15, -0.1) is 0 Å². The minimum Gasteiger partial charge on any atom is -0.493 e. The molecule has 7 nitrogen and oxygen atoms in total. The molecule has 178 valence electrons. The van der Waals surface area contributed by atoms with Crippen molar-refractivity contribution in [3.8, 4) is 5.75 Å². The van der Waals surface area contributed by atoms with E-state index in [2.05, 4.69) is 34.1 Å². The summed E-state index contributed by atoms with van der Waals surface area (Å²) < 4.78 is 17.2. The van der Waals surface area contributed by atoms with E-state index in [0.29, 0.717) is 12.0 Å². The highest BCUT2D eigenvalue weighted by molar-refractivity contribution is 5.68. The first-order chi connectivity index (χ1) is 15.4. The van der Waals surface area contributed by atoms with Crippen LogP contribution in [0, 0.1) is 5.92 Å². The summed E-state index contributed by atoms with van der Waals surface area (Å²) in [5.41, 5.74) is 0.856. The second-order valence-corrected chi connectivity index (χ2v) is 10.4. The maximum absolute atomic E-state index is 12.4. The van der Waals surface area contributed by atoms with Crippen LogP contribution in [0.1, 0.15) is 39.2 Å². The van der Waals surface area contributed by atoms with Gasteiger partial charge in [0.2, 0.25) is 0 Å². The molecule has 1 aromatic carbocycles. The molecule has 2 atom stereocenters. The Morgan fingerprint density at radius 2 is 1.91 bits per heavy atom. The predicted octanol–water partition coefficient (Wildman–Crippen LogP) is 3.23. The van der Waals surface area contributed by atoms with Gasteiger partial charge in [-0.1, -0.05) is 12.1 Å². The van der Waals surface area contributed by atoms with Crippen molar-refractivity contribution in [3.63, 3.8) is 0 Å². The molecule has 3 aliphatic rings. The number of amides is 1. The van der Waals surface area contributed by atoms with Crippen LogP contribution in [0.3, 0.4) is 0 Å². The van der Waals surface area contributed by atoms with Gasteiger partial charge < -0.3 is 19.1 Å². The number of benzene rings is 1. The molecule has 4 rings (SSSR count). The van der Waals surface area contributed by atoms with E-state index in [1.165, 1.54) is 5.56 Å². The Bertz CT molecular complexity index is 760. The molecule has 32 heavy (non-hydrogen) atoms. The van der Waals surface area contributed by atoms with Gasteiger partial charge in [0.05, 0.1) is 19.8 Å². The Hall–Kier alpha value is -1.83. The van der Waals surface area contributed by atoms with E-state index in [-0.39, 0.29) is 6.09 Å². The van der Waals surface area contributed by atoms with E-state index in [9.17, 15) is 4.79 Å². The van der Waals surface area contributed by atoms with Crippen molar-refractivity contribution < 1.29 is 19.0 Å². The first-order valence-corrected chi connectivity index (χ1v) is 12.1. The van der Waals surface area contributed by atoms with Crippen molar-refractivity contribution >= 4 is 6.09 Å². The number of carbonyl (C=O) groups is 1. The molecule has 0 spiro atoms. The molecule has 1 aromatic rings. The zero-order chi connectivity index (χ0) is 22.6. The number of piperazine rings is 1. The SMILES string of the molecule is CC(C)(C)OC(=O)N1CCN2C[C@H](COc3cccc(CN4CCOCC4)c3)CC[C@@H]2C1. The fraction of sp³-hybridized carbons (Fsp3) is 0.720. The normalized spacial score (nSPS) is 25.3. The maximum atomic E-state index is 12.4. The van der Waals surface area contributed by atoms with Crippen LogP contribution >= 0.6 is 0 Å². The fourth-order valence-corrected chi connectivity index (χ4v) is 4.85. The smallest absolute Gasteiger partial charge is 0.410 e. The lowest BCUT2D eigenvalue weighted by molar-refractivity contribution is -0.0122. The molecule has 1 amide bonds. The minimum absolute atomic E-state index is 0.181. The summed E-state index contributed by atoms with van der Waals surface area (Å²) in [4.78, 5) is 19.3. The van der Waals surface area contributed by atoms with E-state index in [4.69, 9.17) is 14.2 Å². The maximum Gasteiger partial charge on any atom is 0.410 e. The molecular formula is C25H39N3O4. The molecule has 7 heteroatoms. The standard InChI is InChI=1S/C25H39N3O4/c1-25(2,3)32-24(29)28-10-9-27-17-21(7-8-22(27)18-28)19-31-23-6-4-5-20(15-23)16-26-11-13-30-14-12-26/h4-6,15,21-22H,7-14,16-19H2,1-3H3/t21-,22-/m1/s1. The van der Waals surface area contributed by atoms with Crippen LogP contribution in [-0.4, -0.2) is 91.5 Å². The zero-order valence-corrected chi connectivity index (χ0v) is 19.9. The van der Waals surface area contributed by atoms with E-state index >= 15 is 0 Å². The van der Waals surface area contributed by atoms with Gasteiger partial charge in [-0.3, -0.25) is 9.80 Å². The van der Waals surface area contributed by atoms with Gasteiger partial charge in [-0.25, -0.2) is 4.79 Å². The predicted molar refractivity (Wildman–Crippen MR) is 124 cm³/mol. The number of nitrogens with zero attached hydrogens (tertiary/aromatic N) is 3. The lowest BCUT2D eigenvalue weighted by Crippen LogP contribution is -2.58. The van der Waals surface area contributed by atoms with E-state index in [0.717, 1.165) is 84.2 Å². The number of fused-ring (bicyclic) bond motifs is 1. The van der Waals surface area contributed by atoms with Crippen molar-refractivity contribution in [3.05, 3.63) is 29.8 Å². The van der Waals surface area contributed by atoms with E-state index < -0.39 is 5.60 Å². The Kier molecular flexibility index (Phi) is 7.59. The number of hydrogen-bond acceptors (Lipinski definition) is 6. The van der Waals surface area contributed by atoms with Crippen LogP contribution < -0.4 is 4.74 Å². The number of hydrogen-bond donors (Lipinski definition) is 0. The van der Waals surface area contributed by atoms with Gasteiger partial charge in [0.25, 0.3) is 0 Å². The molecule has 3 saturated heterocycles. The third-order valence-electron chi connectivity index (χ3n) is 6.55. The average Bonchev–Trinajstić information content (AvgIpc) is 2.77. The van der Waals surface area contributed by atoms with Crippen LogP contribution in [0.5, 0.6) is 5.75 Å². The molecule has 0 radical (unpaired) electrons. The summed E-state index contributed by atoms with van der Waals surface area (Å²) >= 11 is 0. The highest BCUT2D eigenvalue weighted by Gasteiger charge is 2.35. The monoisotopic (exact) mass is 445 g/mol. The molecule has 3 heterocycles. The van der Waals surface area contributed by atoms with Crippen molar-refractivity contribution in [2.24, 2.45) is 5.92 Å². The third kappa shape index (κ3) is 6.59. The molecule has 3 aliphatic heterocycles. The van der Waals surface area contributed by atoms with Gasteiger partial charge in [0.15, 0.2) is 0 Å². The quantitative estimate of drug-likeness (QED) is 0.694. The first kappa shape index (κ1) is 23.3. The Morgan fingerprint density at radius 1 is 1.09 bits per heavy atom. The van der Waals surface area contributed by atoms with Crippen LogP contribution in [0.25, 0.3) is 0 Å². The number of piperidine rings is 1. The van der Waals surface area contributed by atoms with Gasteiger partial charge in [-0.05, 0) is 51.3 Å². The summed E-state index contributed by atoms with van der Waals surface area (Å²) in [6, 6.07) is 8.95. The summed E-state index contributed by atoms with van der Waals surface area (Å²) in [6.45, 7) is 14.6. The summed E-state index contributed by atoms with van der Waals surface area (Å²) in [7, 11) is 0. The van der Waals surface area contributed by atoms with Crippen LogP contribution in [-0.2, 0) is 16.0 Å². The van der Waals surface area contributed by atoms with Crippen molar-refractivity contribution in [1.82, 2.24) is 14.7 Å². The van der Waals surface area contributed by atoms with Crippen LogP contribution in [0.4, 0.5) is 4.79 Å². The fourth-order valence-electron chi connectivity index (χ4n) is 4.85. The van der Waals surface area contributed by atoms with Crippen molar-refractivity contribution in [2.45, 2.75) is 51.8 Å². The number of rotatable bonds is 5. The van der Waals surface area contributed by atoms with Gasteiger partial charge in [-0.2, -0.15) is 0 Å². The largest absolute Gasteiger partial charge is 0.493 e. The molecule has 0 saturated carbocycles. The van der Waals surface area contributed by atoms with Crippen molar-refractivity contribution in [1.29, 1.82) is 0 Å². The van der Waals surface area contributed by atoms with Gasteiger partial charge in [0.1, 0.15) is 11.4 Å². The van der Waals surface area contributed by atoms with Gasteiger partial charge >= 0.3 is 6.09 Å². The first-order valence-electron chi connectivity index (χ1n) is 12.1. The number of carbonyl (C=O) groups excluding carboxylic acids is 1. The van der Waals surface area contributed by atoms with Crippen LogP contribution in [0.2, 0.25) is 0 Å². The molecule has 0 aromatic heterocycles. The topological polar surface area (TPSA) is 54.5 Å². The van der Waals surface area contributed by atoms with Gasteiger partial charge in [0, 0.05) is 57.8 Å². The molecular weight excluding hydrogens is 406 g/mol. The van der Waals surface area contributed by atoms with Crippen molar-refractivity contribution in [2.75, 3.05) is 59.1 Å². The minimum atomic E-state index is -0.442. The summed E-state index contributed by atoms with van der Waals surface area (Å²) in [6.07, 6.45) is 2.06. The number of morpholine rings is 1. The highest BCUT2D eigenvalue weighted by Crippen LogP contribution is 2.27. The second kappa shape index (κ2) is 10.4. The molecule has 3 fully saturated rings. The Morgan fingerprint density at radius 3 is 2.69 bits per heavy atom. The molecule has 0 aliphatic carbocycles. The third-order valence-corrected chi connectivity index (χ3v) is 6.55.